The molecule has 2 rings (SSSR count). The zero-order chi connectivity index (χ0) is 13.1. The molecule has 1 aliphatic heterocycles. The van der Waals surface area contributed by atoms with E-state index in [1.807, 2.05) is 11.8 Å². The summed E-state index contributed by atoms with van der Waals surface area (Å²) in [6.07, 6.45) is 4.51. The Bertz CT molecular complexity index is 426. The second-order valence-corrected chi connectivity index (χ2v) is 4.95. The SMILES string of the molecule is Cc1cc(C(=O)N2CCCCCC2C)nc(N)n1. The number of nitrogens with zero attached hydrogens (tertiary/aromatic N) is 3. The summed E-state index contributed by atoms with van der Waals surface area (Å²) in [6.45, 7) is 4.73. The number of aryl methyl sites for hydroxylation is 1. The largest absolute Gasteiger partial charge is 0.368 e. The van der Waals surface area contributed by atoms with Gasteiger partial charge in [-0.15, -0.1) is 0 Å². The number of carbonyl (C=O) groups excluding carboxylic acids is 1. The highest BCUT2D eigenvalue weighted by Crippen LogP contribution is 2.18. The maximum Gasteiger partial charge on any atom is 0.272 e. The van der Waals surface area contributed by atoms with Gasteiger partial charge in [-0.05, 0) is 32.8 Å². The van der Waals surface area contributed by atoms with Crippen LogP contribution in [0.3, 0.4) is 0 Å². The highest BCUT2D eigenvalue weighted by Gasteiger charge is 2.24. The maximum absolute atomic E-state index is 12.4. The molecule has 1 fully saturated rings. The molecule has 0 aromatic carbocycles. The van der Waals surface area contributed by atoms with Crippen LogP contribution >= 0.6 is 0 Å². The fourth-order valence-electron chi connectivity index (χ4n) is 2.42. The highest BCUT2D eigenvalue weighted by atomic mass is 16.2. The summed E-state index contributed by atoms with van der Waals surface area (Å²) >= 11 is 0. The number of hydrogen-bond acceptors (Lipinski definition) is 4. The molecule has 0 saturated carbocycles. The molecule has 5 nitrogen and oxygen atoms in total. The minimum Gasteiger partial charge on any atom is -0.368 e. The molecule has 2 heterocycles. The van der Waals surface area contributed by atoms with E-state index in [1.165, 1.54) is 12.8 Å². The standard InChI is InChI=1S/C13H20N4O/c1-9-8-11(16-13(14)15-9)12(18)17-7-5-3-4-6-10(17)2/h8,10H,3-7H2,1-2H3,(H2,14,15,16). The summed E-state index contributed by atoms with van der Waals surface area (Å²) in [5.74, 6) is 0.141. The Morgan fingerprint density at radius 3 is 2.89 bits per heavy atom. The van der Waals surface area contributed by atoms with Gasteiger partial charge in [0.2, 0.25) is 5.95 Å². The Kier molecular flexibility index (Phi) is 3.79. The molecule has 1 aromatic heterocycles. The van der Waals surface area contributed by atoms with Gasteiger partial charge in [0.1, 0.15) is 5.69 Å². The van der Waals surface area contributed by atoms with Gasteiger partial charge >= 0.3 is 0 Å². The summed E-state index contributed by atoms with van der Waals surface area (Å²) in [4.78, 5) is 22.4. The first-order valence-electron chi connectivity index (χ1n) is 6.50. The van der Waals surface area contributed by atoms with Crippen molar-refractivity contribution in [3.05, 3.63) is 17.5 Å². The minimum absolute atomic E-state index is 0.0263. The van der Waals surface area contributed by atoms with Gasteiger partial charge in [-0.1, -0.05) is 12.8 Å². The Hall–Kier alpha value is -1.65. The fraction of sp³-hybridized carbons (Fsp3) is 0.615. The molecule has 5 heteroatoms. The summed E-state index contributed by atoms with van der Waals surface area (Å²) in [5, 5.41) is 0. The van der Waals surface area contributed by atoms with Crippen molar-refractivity contribution in [3.8, 4) is 0 Å². The molecular formula is C13H20N4O. The zero-order valence-electron chi connectivity index (χ0n) is 11.0. The third kappa shape index (κ3) is 2.78. The number of amides is 1. The second-order valence-electron chi connectivity index (χ2n) is 4.95. The van der Waals surface area contributed by atoms with Gasteiger partial charge in [-0.25, -0.2) is 9.97 Å². The molecule has 1 unspecified atom stereocenters. The molecule has 0 radical (unpaired) electrons. The number of nitrogens with two attached hydrogens (primary N) is 1. The van der Waals surface area contributed by atoms with Crippen molar-refractivity contribution in [1.29, 1.82) is 0 Å². The molecule has 2 N–H and O–H groups in total. The lowest BCUT2D eigenvalue weighted by Crippen LogP contribution is -2.38. The van der Waals surface area contributed by atoms with Crippen LogP contribution in [0.5, 0.6) is 0 Å². The van der Waals surface area contributed by atoms with Gasteiger partial charge in [0.15, 0.2) is 0 Å². The van der Waals surface area contributed by atoms with Crippen LogP contribution in [-0.4, -0.2) is 33.4 Å². The van der Waals surface area contributed by atoms with Crippen molar-refractivity contribution >= 4 is 11.9 Å². The molecule has 0 bridgehead atoms. The molecule has 0 spiro atoms. The summed E-state index contributed by atoms with van der Waals surface area (Å²) in [5.41, 5.74) is 6.74. The van der Waals surface area contributed by atoms with Crippen LogP contribution in [0.25, 0.3) is 0 Å². The summed E-state index contributed by atoms with van der Waals surface area (Å²) in [6, 6.07) is 1.98. The smallest absolute Gasteiger partial charge is 0.272 e. The van der Waals surface area contributed by atoms with Gasteiger partial charge in [0, 0.05) is 18.3 Å². The minimum atomic E-state index is -0.0263. The number of anilines is 1. The van der Waals surface area contributed by atoms with E-state index in [2.05, 4.69) is 16.9 Å². The van der Waals surface area contributed by atoms with Gasteiger partial charge < -0.3 is 10.6 Å². The summed E-state index contributed by atoms with van der Waals surface area (Å²) < 4.78 is 0. The van der Waals surface area contributed by atoms with Gasteiger partial charge in [-0.2, -0.15) is 0 Å². The first-order valence-corrected chi connectivity index (χ1v) is 6.50. The number of nitrogen functional groups attached to an aromatic ring is 1. The molecule has 18 heavy (non-hydrogen) atoms. The van der Waals surface area contributed by atoms with E-state index >= 15 is 0 Å². The number of likely N-dealkylation sites (tertiary alicyclic amines) is 1. The number of aromatic nitrogens is 2. The monoisotopic (exact) mass is 248 g/mol. The topological polar surface area (TPSA) is 72.1 Å². The van der Waals surface area contributed by atoms with Crippen molar-refractivity contribution in [3.63, 3.8) is 0 Å². The van der Waals surface area contributed by atoms with Crippen LogP contribution in [-0.2, 0) is 0 Å². The lowest BCUT2D eigenvalue weighted by Gasteiger charge is -2.26. The van der Waals surface area contributed by atoms with Crippen LogP contribution < -0.4 is 5.73 Å². The van der Waals surface area contributed by atoms with E-state index in [9.17, 15) is 4.79 Å². The van der Waals surface area contributed by atoms with Gasteiger partial charge in [0.25, 0.3) is 5.91 Å². The average Bonchev–Trinajstić information content (AvgIpc) is 2.51. The third-order valence-corrected chi connectivity index (χ3v) is 3.40. The van der Waals surface area contributed by atoms with E-state index in [4.69, 9.17) is 5.73 Å². The van der Waals surface area contributed by atoms with Crippen molar-refractivity contribution in [1.82, 2.24) is 14.9 Å². The fourth-order valence-corrected chi connectivity index (χ4v) is 2.42. The first-order chi connectivity index (χ1) is 8.58. The normalized spacial score (nSPS) is 20.6. The van der Waals surface area contributed by atoms with Gasteiger partial charge in [0.05, 0.1) is 0 Å². The molecular weight excluding hydrogens is 228 g/mol. The Morgan fingerprint density at radius 1 is 1.39 bits per heavy atom. The van der Waals surface area contributed by atoms with Crippen LogP contribution in [0.4, 0.5) is 5.95 Å². The molecule has 0 aliphatic carbocycles. The van der Waals surface area contributed by atoms with Crippen LogP contribution in [0.2, 0.25) is 0 Å². The molecule has 1 aliphatic rings. The van der Waals surface area contributed by atoms with Crippen molar-refractivity contribution in [2.75, 3.05) is 12.3 Å². The molecule has 1 saturated heterocycles. The molecule has 98 valence electrons. The van der Waals surface area contributed by atoms with Crippen LogP contribution in [0, 0.1) is 6.92 Å². The van der Waals surface area contributed by atoms with Crippen molar-refractivity contribution < 1.29 is 4.79 Å². The van der Waals surface area contributed by atoms with E-state index in [0.29, 0.717) is 5.69 Å². The maximum atomic E-state index is 12.4. The average molecular weight is 248 g/mol. The molecule has 1 atom stereocenters. The first kappa shape index (κ1) is 12.8. The predicted molar refractivity (Wildman–Crippen MR) is 70.1 cm³/mol. The predicted octanol–water partition coefficient (Wildman–Crippen LogP) is 1.77. The lowest BCUT2D eigenvalue weighted by atomic mass is 10.1. The molecule has 1 amide bonds. The lowest BCUT2D eigenvalue weighted by molar-refractivity contribution is 0.0691. The second kappa shape index (κ2) is 5.33. The number of carbonyl (C=O) groups is 1. The van der Waals surface area contributed by atoms with E-state index in [-0.39, 0.29) is 17.9 Å². The Balaban J connectivity index is 2.23. The Labute approximate surface area is 107 Å². The zero-order valence-corrected chi connectivity index (χ0v) is 11.0. The summed E-state index contributed by atoms with van der Waals surface area (Å²) in [7, 11) is 0. The highest BCUT2D eigenvalue weighted by molar-refractivity contribution is 5.92. The van der Waals surface area contributed by atoms with E-state index in [1.54, 1.807) is 6.07 Å². The van der Waals surface area contributed by atoms with Crippen LogP contribution in [0.15, 0.2) is 6.07 Å². The van der Waals surface area contributed by atoms with Crippen molar-refractivity contribution in [2.24, 2.45) is 0 Å². The van der Waals surface area contributed by atoms with Crippen LogP contribution in [0.1, 0.15) is 48.8 Å². The van der Waals surface area contributed by atoms with Crippen molar-refractivity contribution in [2.45, 2.75) is 45.6 Å². The number of hydrogen-bond donors (Lipinski definition) is 1. The molecule has 1 aromatic rings. The Morgan fingerprint density at radius 2 is 2.17 bits per heavy atom. The number of rotatable bonds is 1. The van der Waals surface area contributed by atoms with E-state index < -0.39 is 0 Å². The third-order valence-electron chi connectivity index (χ3n) is 3.40. The quantitative estimate of drug-likeness (QED) is 0.822. The van der Waals surface area contributed by atoms with E-state index in [0.717, 1.165) is 25.1 Å². The van der Waals surface area contributed by atoms with Gasteiger partial charge in [-0.3, -0.25) is 4.79 Å².